The largest absolute Gasteiger partial charge is 2.00 e. The van der Waals surface area contributed by atoms with Crippen molar-refractivity contribution in [2.75, 3.05) is 65.6 Å². The van der Waals surface area contributed by atoms with Gasteiger partial charge in [0.05, 0.1) is 13.0 Å². The maximum absolute atomic E-state index is 11.7. The van der Waals surface area contributed by atoms with Crippen LogP contribution in [-0.4, -0.2) is 152 Å². The number of rotatable bonds is 32. The van der Waals surface area contributed by atoms with Gasteiger partial charge in [0.2, 0.25) is 5.91 Å². The van der Waals surface area contributed by atoms with Crippen molar-refractivity contribution in [3.8, 4) is 0 Å². The minimum Gasteiger partial charge on any atom is -0.862 e. The van der Waals surface area contributed by atoms with Gasteiger partial charge in [0, 0.05) is 58.3 Å². The van der Waals surface area contributed by atoms with E-state index in [1.807, 2.05) is 9.80 Å². The van der Waals surface area contributed by atoms with Crippen LogP contribution in [0.15, 0.2) is 4.99 Å². The Morgan fingerprint density at radius 2 is 1.13 bits per heavy atom. The fourth-order valence-electron chi connectivity index (χ4n) is 4.67. The molecule has 1 amide bonds. The number of nitrogens with one attached hydrogen (secondary N) is 1. The maximum atomic E-state index is 11.7. The van der Waals surface area contributed by atoms with E-state index in [4.69, 9.17) is 15.3 Å². The molecule has 0 aliphatic heterocycles. The van der Waals surface area contributed by atoms with Crippen LogP contribution in [0.4, 0.5) is 0 Å². The number of carboxylic acid groups (broad SMARTS) is 2. The van der Waals surface area contributed by atoms with Crippen LogP contribution < -0.4 is 15.5 Å². The van der Waals surface area contributed by atoms with Crippen molar-refractivity contribution < 1.29 is 39.9 Å². The van der Waals surface area contributed by atoms with E-state index in [2.05, 4.69) is 24.2 Å². The monoisotopic (exact) mass is 698 g/mol. The van der Waals surface area contributed by atoms with Crippen molar-refractivity contribution in [3.63, 3.8) is 0 Å². The van der Waals surface area contributed by atoms with Gasteiger partial charge in [-0.3, -0.25) is 9.59 Å². The fourth-order valence-corrected chi connectivity index (χ4v) is 4.67. The third kappa shape index (κ3) is 41.1. The third-order valence-corrected chi connectivity index (χ3v) is 7.50. The standard InChI is InChI=1S/2C17H34N2O4.Ca/c2*1-2-3-4-5-6-9-16(21)18-11-14-19(12-7-8-15-20)13-10-17(22)23;/h2*20H,2-15H2,1H3,(H,18,21)(H,22,23);/q;;+2/p-2. The molecular weight excluding hydrogens is 632 g/mol. The molecular formula is C34H66CaN4O8. The maximum Gasteiger partial charge on any atom is 2.00 e. The van der Waals surface area contributed by atoms with Gasteiger partial charge in [-0.1, -0.05) is 65.2 Å². The molecule has 47 heavy (non-hydrogen) atoms. The Morgan fingerprint density at radius 1 is 0.617 bits per heavy atom. The molecule has 0 aliphatic rings. The molecule has 0 heterocycles. The number of aliphatic hydroxyl groups excluding tert-OH is 2. The molecule has 0 aromatic rings. The Morgan fingerprint density at radius 3 is 1.64 bits per heavy atom. The number of aliphatic hydroxyl groups is 2. The second kappa shape index (κ2) is 39.4. The first-order chi connectivity index (χ1) is 22.2. The van der Waals surface area contributed by atoms with Crippen molar-refractivity contribution in [1.82, 2.24) is 15.1 Å². The summed E-state index contributed by atoms with van der Waals surface area (Å²) < 4.78 is 0. The third-order valence-electron chi connectivity index (χ3n) is 7.50. The second-order valence-electron chi connectivity index (χ2n) is 11.8. The molecule has 0 rings (SSSR count). The average molecular weight is 699 g/mol. The van der Waals surface area contributed by atoms with Gasteiger partial charge < -0.3 is 50.4 Å². The van der Waals surface area contributed by atoms with Crippen LogP contribution in [0.25, 0.3) is 0 Å². The Kier molecular flexibility index (Phi) is 42.2. The summed E-state index contributed by atoms with van der Waals surface area (Å²) in [7, 11) is 0. The molecule has 12 nitrogen and oxygen atoms in total. The number of amides is 1. The van der Waals surface area contributed by atoms with Crippen molar-refractivity contribution in [1.29, 1.82) is 0 Å². The van der Waals surface area contributed by atoms with Gasteiger partial charge >= 0.3 is 43.7 Å². The van der Waals surface area contributed by atoms with E-state index in [0.717, 1.165) is 45.1 Å². The number of aliphatic carboxylic acids is 2. The summed E-state index contributed by atoms with van der Waals surface area (Å²) in [4.78, 5) is 41.0. The number of carboxylic acids is 2. The predicted octanol–water partition coefficient (Wildman–Crippen LogP) is 1.95. The van der Waals surface area contributed by atoms with Gasteiger partial charge in [-0.25, -0.2) is 0 Å². The topological polar surface area (TPSA) is 189 Å². The molecule has 0 fully saturated rings. The summed E-state index contributed by atoms with van der Waals surface area (Å²) >= 11 is 0. The molecule has 0 radical (unpaired) electrons. The number of carbonyl (C=O) groups is 3. The molecule has 0 unspecified atom stereocenters. The van der Waals surface area contributed by atoms with E-state index in [9.17, 15) is 24.6 Å². The summed E-state index contributed by atoms with van der Waals surface area (Å²) in [6.45, 7) is 9.12. The Hall–Kier alpha value is -1.02. The zero-order valence-electron chi connectivity index (χ0n) is 29.7. The molecule has 0 saturated carbocycles. The van der Waals surface area contributed by atoms with E-state index in [-0.39, 0.29) is 75.6 Å². The molecule has 0 aliphatic carbocycles. The normalized spacial score (nSPS) is 11.2. The van der Waals surface area contributed by atoms with Crippen molar-refractivity contribution in [2.24, 2.45) is 4.99 Å². The first-order valence-electron chi connectivity index (χ1n) is 17.7. The first kappa shape index (κ1) is 50.4. The van der Waals surface area contributed by atoms with Crippen molar-refractivity contribution in [3.05, 3.63) is 0 Å². The van der Waals surface area contributed by atoms with Crippen molar-refractivity contribution in [2.45, 2.75) is 129 Å². The van der Waals surface area contributed by atoms with Gasteiger partial charge in [-0.2, -0.15) is 0 Å². The quantitative estimate of drug-likeness (QED) is 0.0350. The molecule has 4 N–H and O–H groups in total. The number of hydrogen-bond acceptors (Lipinski definition) is 10. The molecule has 13 heteroatoms. The smallest absolute Gasteiger partial charge is 0.862 e. The Labute approximate surface area is 314 Å². The van der Waals surface area contributed by atoms with E-state index in [1.165, 1.54) is 38.5 Å². The Balaban J connectivity index is -0.000000807. The average Bonchev–Trinajstić information content (AvgIpc) is 3.02. The van der Waals surface area contributed by atoms with Crippen LogP contribution in [0.3, 0.4) is 0 Å². The number of aliphatic imine (C=N–C) groups is 1. The minimum absolute atomic E-state index is 0. The van der Waals surface area contributed by atoms with Crippen LogP contribution in [-0.2, 0) is 14.4 Å². The minimum atomic E-state index is -1.07. The van der Waals surface area contributed by atoms with Gasteiger partial charge in [0.1, 0.15) is 0 Å². The second-order valence-corrected chi connectivity index (χ2v) is 11.8. The molecule has 0 saturated heterocycles. The number of hydrogen-bond donors (Lipinski definition) is 4. The molecule has 272 valence electrons. The summed E-state index contributed by atoms with van der Waals surface area (Å²) in [6.07, 6.45) is 15.4. The summed E-state index contributed by atoms with van der Waals surface area (Å²) in [5, 5.41) is 51.5. The molecule has 0 aromatic heterocycles. The molecule has 0 atom stereocenters. The Bertz CT molecular complexity index is 762. The fraction of sp³-hybridized carbons (Fsp3) is 0.882. The van der Waals surface area contributed by atoms with E-state index < -0.39 is 11.9 Å². The van der Waals surface area contributed by atoms with Crippen LogP contribution in [0, 0.1) is 0 Å². The van der Waals surface area contributed by atoms with Crippen LogP contribution in [0.1, 0.15) is 129 Å². The van der Waals surface area contributed by atoms with Crippen LogP contribution >= 0.6 is 0 Å². The summed E-state index contributed by atoms with van der Waals surface area (Å²) in [5.74, 6) is -1.86. The van der Waals surface area contributed by atoms with Gasteiger partial charge in [0.15, 0.2) is 0 Å². The van der Waals surface area contributed by atoms with Crippen molar-refractivity contribution >= 4 is 61.5 Å². The number of nitrogens with zero attached hydrogens (tertiary/aromatic N) is 3. The molecule has 0 spiro atoms. The SMILES string of the molecule is CCCCCCCC(=O)NCCN(CCCCO)CCC(=O)O.CCCCCCCC([O-])=NCCN(CCCCO)CCC(=O)[O-].[Ca+2]. The summed E-state index contributed by atoms with van der Waals surface area (Å²) in [5.41, 5.74) is 0. The zero-order chi connectivity index (χ0) is 34.7. The molecule has 0 aromatic carbocycles. The van der Waals surface area contributed by atoms with Crippen LogP contribution in [0.5, 0.6) is 0 Å². The van der Waals surface area contributed by atoms with Gasteiger partial charge in [-0.15, -0.1) is 0 Å². The van der Waals surface area contributed by atoms with E-state index in [1.54, 1.807) is 0 Å². The van der Waals surface area contributed by atoms with E-state index in [0.29, 0.717) is 71.5 Å². The summed E-state index contributed by atoms with van der Waals surface area (Å²) in [6, 6.07) is 0. The first-order valence-corrected chi connectivity index (χ1v) is 17.7. The van der Waals surface area contributed by atoms with Gasteiger partial charge in [0.25, 0.3) is 0 Å². The van der Waals surface area contributed by atoms with Crippen LogP contribution in [0.2, 0.25) is 0 Å². The molecule has 0 bridgehead atoms. The number of unbranched alkanes of at least 4 members (excludes halogenated alkanes) is 10. The zero-order valence-corrected chi connectivity index (χ0v) is 31.9. The predicted molar refractivity (Wildman–Crippen MR) is 185 cm³/mol. The van der Waals surface area contributed by atoms with E-state index >= 15 is 0 Å². The number of carbonyl (C=O) groups excluding carboxylic acids is 2. The van der Waals surface area contributed by atoms with Gasteiger partial charge in [-0.05, 0) is 70.4 Å².